The molecule has 0 aliphatic rings. The maximum absolute atomic E-state index is 13.1. The number of unbranched alkanes of at least 4 members (excludes halogenated alkanes) is 1. The predicted octanol–water partition coefficient (Wildman–Crippen LogP) is 5.99. The number of aromatic hydroxyl groups is 1. The first-order valence-electron chi connectivity index (χ1n) is 17.7. The van der Waals surface area contributed by atoms with Crippen LogP contribution in [-0.2, 0) is 37.9 Å². The molecule has 24 heteroatoms. The van der Waals surface area contributed by atoms with E-state index in [0.717, 1.165) is 35.8 Å². The van der Waals surface area contributed by atoms with Crippen LogP contribution < -0.4 is 25.3 Å². The molecule has 0 unspecified atom stereocenters. The molecule has 0 radical (unpaired) electrons. The van der Waals surface area contributed by atoms with Gasteiger partial charge in [0.25, 0.3) is 11.1 Å². The van der Waals surface area contributed by atoms with E-state index in [-0.39, 0.29) is 31.0 Å². The van der Waals surface area contributed by atoms with Crippen LogP contribution in [0.4, 0.5) is 24.5 Å². The molecule has 0 aliphatic carbocycles. The average molecular weight is 943 g/mol. The molecule has 4 aromatic heterocycles. The smallest absolute Gasteiger partial charge is 0.446 e. The summed E-state index contributed by atoms with van der Waals surface area (Å²) in [4.78, 5) is 57.5. The van der Waals surface area contributed by atoms with Gasteiger partial charge < -0.3 is 20.1 Å². The number of carbonyl (C=O) groups excluding carboxylic acids is 1. The quantitative estimate of drug-likeness (QED) is 0.0622. The lowest BCUT2D eigenvalue weighted by Gasteiger charge is -2.15. The largest absolute Gasteiger partial charge is 0.502 e. The highest BCUT2D eigenvalue weighted by molar-refractivity contribution is 7.92. The summed E-state index contributed by atoms with van der Waals surface area (Å²) in [5, 5.41) is 32.4. The first-order chi connectivity index (χ1) is 28.9. The van der Waals surface area contributed by atoms with Gasteiger partial charge in [-0.1, -0.05) is 37.6 Å². The summed E-state index contributed by atoms with van der Waals surface area (Å²) < 4.78 is 90.3. The number of fused-ring (bicyclic) bond motifs is 2. The number of pyridine rings is 2. The zero-order valence-corrected chi connectivity index (χ0v) is 35.9. The highest BCUT2D eigenvalue weighted by Crippen LogP contribution is 2.31. The number of anilines is 2. The molecule has 0 saturated carbocycles. The zero-order chi connectivity index (χ0) is 46.2. The van der Waals surface area contributed by atoms with Gasteiger partial charge in [-0.25, -0.2) is 26.4 Å². The van der Waals surface area contributed by atoms with E-state index in [2.05, 4.69) is 9.44 Å². The summed E-state index contributed by atoms with van der Waals surface area (Å²) in [7, 11) is -6.77. The van der Waals surface area contributed by atoms with Crippen molar-refractivity contribution in [2.75, 3.05) is 28.6 Å². The Kier molecular flexibility index (Phi) is 15.7. The number of carboxylic acids is 2. The molecule has 4 heterocycles. The fourth-order valence-corrected chi connectivity index (χ4v) is 8.60. The van der Waals surface area contributed by atoms with Gasteiger partial charge in [-0.2, -0.15) is 13.2 Å². The molecule has 2 aromatic carbocycles. The van der Waals surface area contributed by atoms with Crippen LogP contribution in [0.1, 0.15) is 51.6 Å². The number of carboxylic acid groups (broad SMARTS) is 2. The van der Waals surface area contributed by atoms with Crippen LogP contribution in [0, 0.1) is 0 Å². The minimum atomic E-state index is -4.64. The number of hydrogen-bond donors (Lipinski definition) is 5. The summed E-state index contributed by atoms with van der Waals surface area (Å²) in [6.45, 7) is 2.52. The van der Waals surface area contributed by atoms with E-state index in [9.17, 15) is 64.5 Å². The third-order valence-corrected chi connectivity index (χ3v) is 11.2. The molecule has 0 saturated heterocycles. The van der Waals surface area contributed by atoms with Crippen molar-refractivity contribution < 1.29 is 64.4 Å². The lowest BCUT2D eigenvalue weighted by Crippen LogP contribution is -2.26. The highest BCUT2D eigenvalue weighted by Gasteiger charge is 2.26. The number of nitrogens with one attached hydrogen (secondary N) is 2. The van der Waals surface area contributed by atoms with Gasteiger partial charge in [-0.3, -0.25) is 33.0 Å². The fourth-order valence-electron chi connectivity index (χ4n) is 5.61. The Balaban J connectivity index is 0.000000243. The zero-order valence-electron chi connectivity index (χ0n) is 32.6. The van der Waals surface area contributed by atoms with E-state index in [1.165, 1.54) is 20.5 Å². The number of thiophene rings is 2. The number of nitrogens with zero attached hydrogens (tertiary/aromatic N) is 2. The summed E-state index contributed by atoms with van der Waals surface area (Å²) in [5.74, 6) is -3.52. The van der Waals surface area contributed by atoms with Crippen molar-refractivity contribution in [2.24, 2.45) is 0 Å². The Hall–Kier alpha value is -6.24. The van der Waals surface area contributed by atoms with Crippen LogP contribution in [-0.4, -0.2) is 84.8 Å². The maximum atomic E-state index is 13.1. The van der Waals surface area contributed by atoms with E-state index in [1.54, 1.807) is 71.4 Å². The molecule has 0 atom stereocenters. The summed E-state index contributed by atoms with van der Waals surface area (Å²) in [5.41, 5.74) is 1.35. The number of carbonyl (C=O) groups is 3. The number of hydrogen-bond acceptors (Lipinski definition) is 13. The van der Waals surface area contributed by atoms with Crippen molar-refractivity contribution in [3.63, 3.8) is 0 Å². The van der Waals surface area contributed by atoms with Gasteiger partial charge in [-0.15, -0.1) is 22.7 Å². The third kappa shape index (κ3) is 12.9. The van der Waals surface area contributed by atoms with Gasteiger partial charge in [-0.05, 0) is 64.7 Å². The standard InChI is InChI=1S/C20H22N2O6S2.C16H14N2O6S2.C2HF3O/c1-3-4-10-28-17-16(20(24)25)18-15(9-11-29-18)22(19(17)23)12-13-5-7-14(8-6-13)21-30(2,26)27;1-26(23,24)17-10-4-2-9(3-5-10)8-18-11-6-7-25-14(11)12(16(21)22)13(19)15(18)20;3-2(4,5)1-6/h5-9,11,21H,3-4,10,12H2,1-2H3,(H,24,25);2-7,17,19H,8H2,1H3,(H,21,22);1H. The Morgan fingerprint density at radius 1 is 0.742 bits per heavy atom. The van der Waals surface area contributed by atoms with Crippen LogP contribution in [0.5, 0.6) is 11.5 Å². The van der Waals surface area contributed by atoms with Crippen LogP contribution in [0.2, 0.25) is 0 Å². The highest BCUT2D eigenvalue weighted by atomic mass is 32.2. The van der Waals surface area contributed by atoms with Crippen LogP contribution in [0.3, 0.4) is 0 Å². The van der Waals surface area contributed by atoms with Gasteiger partial charge in [0.15, 0.2) is 5.75 Å². The molecule has 6 rings (SSSR count). The molecule has 62 heavy (non-hydrogen) atoms. The molecular formula is C38H37F3N4O13S4. The molecule has 6 aromatic rings. The topological polar surface area (TPSA) is 257 Å². The number of aromatic nitrogens is 2. The number of halogens is 3. The first kappa shape index (κ1) is 48.4. The van der Waals surface area contributed by atoms with Crippen LogP contribution >= 0.6 is 22.7 Å². The van der Waals surface area contributed by atoms with Gasteiger partial charge in [0.1, 0.15) is 11.1 Å². The molecule has 17 nitrogen and oxygen atoms in total. The fraction of sp³-hybridized carbons (Fsp3) is 0.237. The number of ether oxygens (including phenoxy) is 1. The Bertz CT molecular complexity index is 2940. The maximum Gasteiger partial charge on any atom is 0.446 e. The Morgan fingerprint density at radius 2 is 1.15 bits per heavy atom. The molecule has 0 spiro atoms. The number of sulfonamides is 2. The van der Waals surface area contributed by atoms with Gasteiger partial charge in [0, 0.05) is 11.4 Å². The number of alkyl halides is 3. The van der Waals surface area contributed by atoms with Gasteiger partial charge in [0.05, 0.1) is 52.6 Å². The van der Waals surface area contributed by atoms with Crippen molar-refractivity contribution in [1.82, 2.24) is 9.13 Å². The second kappa shape index (κ2) is 20.1. The van der Waals surface area contributed by atoms with Crippen molar-refractivity contribution in [1.29, 1.82) is 0 Å². The minimum absolute atomic E-state index is 0.0959. The molecule has 0 bridgehead atoms. The monoisotopic (exact) mass is 942 g/mol. The lowest BCUT2D eigenvalue weighted by atomic mass is 10.1. The van der Waals surface area contributed by atoms with Crippen molar-refractivity contribution in [3.8, 4) is 11.5 Å². The Labute approximate surface area is 358 Å². The van der Waals surface area contributed by atoms with Crippen molar-refractivity contribution in [3.05, 3.63) is 114 Å². The molecule has 332 valence electrons. The molecular weight excluding hydrogens is 906 g/mol. The molecule has 0 amide bonds. The lowest BCUT2D eigenvalue weighted by molar-refractivity contribution is -0.156. The third-order valence-electron chi connectivity index (χ3n) is 8.18. The average Bonchev–Trinajstić information content (AvgIpc) is 3.86. The van der Waals surface area contributed by atoms with Crippen LogP contribution in [0.15, 0.2) is 81.0 Å². The van der Waals surface area contributed by atoms with Crippen LogP contribution in [0.25, 0.3) is 20.4 Å². The van der Waals surface area contributed by atoms with Crippen molar-refractivity contribution in [2.45, 2.75) is 39.0 Å². The second-order valence-corrected chi connectivity index (χ2v) is 18.4. The number of rotatable bonds is 14. The van der Waals surface area contributed by atoms with Crippen molar-refractivity contribution >= 4 is 92.8 Å². The summed E-state index contributed by atoms with van der Waals surface area (Å²) >= 11 is 2.36. The van der Waals surface area contributed by atoms with E-state index < -0.39 is 66.9 Å². The van der Waals surface area contributed by atoms with E-state index in [0.29, 0.717) is 43.8 Å². The van der Waals surface area contributed by atoms with E-state index in [1.807, 2.05) is 6.92 Å². The van der Waals surface area contributed by atoms with E-state index >= 15 is 0 Å². The van der Waals surface area contributed by atoms with E-state index in [4.69, 9.17) is 9.53 Å². The van der Waals surface area contributed by atoms with Gasteiger partial charge in [0.2, 0.25) is 32.1 Å². The molecule has 0 fully saturated rings. The predicted molar refractivity (Wildman–Crippen MR) is 228 cm³/mol. The molecule has 5 N–H and O–H groups in total. The number of aromatic carboxylic acids is 2. The van der Waals surface area contributed by atoms with Gasteiger partial charge >= 0.3 is 18.1 Å². The molecule has 0 aliphatic heterocycles. The normalized spacial score (nSPS) is 11.5. The second-order valence-electron chi connectivity index (χ2n) is 13.1. The number of aldehydes is 1. The summed E-state index contributed by atoms with van der Waals surface area (Å²) in [6.07, 6.45) is -2.03. The first-order valence-corrected chi connectivity index (χ1v) is 23.2. The Morgan fingerprint density at radius 3 is 1.52 bits per heavy atom. The number of benzene rings is 2. The summed E-state index contributed by atoms with van der Waals surface area (Å²) in [6, 6.07) is 16.3. The minimum Gasteiger partial charge on any atom is -0.502 e. The SMILES string of the molecule is CCCCOc1c(C(=O)O)c2sccc2n(Cc2ccc(NS(C)(=O)=O)cc2)c1=O.CS(=O)(=O)Nc1ccc(Cn2c(=O)c(O)c(C(=O)O)c3sccc32)cc1.O=CC(F)(F)F.